The van der Waals surface area contributed by atoms with Crippen LogP contribution < -0.4 is 9.30 Å². The summed E-state index contributed by atoms with van der Waals surface area (Å²) in [5.74, 6) is 1.65. The third-order valence-electron chi connectivity index (χ3n) is 5.14. The molecule has 134 valence electrons. The Hall–Kier alpha value is -2.69. The molecule has 0 atom stereocenters. The van der Waals surface area contributed by atoms with Crippen molar-refractivity contribution in [1.29, 1.82) is 0 Å². The van der Waals surface area contributed by atoms with Crippen molar-refractivity contribution in [3.63, 3.8) is 0 Å². The maximum atomic E-state index is 13.8. The van der Waals surface area contributed by atoms with Gasteiger partial charge >= 0.3 is 0 Å². The van der Waals surface area contributed by atoms with Crippen LogP contribution in [0.4, 0.5) is 4.39 Å². The topological polar surface area (TPSA) is 35.1 Å². The van der Waals surface area contributed by atoms with Gasteiger partial charge in [-0.2, -0.15) is 0 Å². The minimum Gasteiger partial charge on any atom is -0.497 e. The molecule has 0 N–H and O–H groups in total. The number of carbonyl (C=O) groups excluding carboxylic acids is 1. The number of carbonyl (C=O) groups is 1. The highest BCUT2D eigenvalue weighted by Gasteiger charge is 2.28. The van der Waals surface area contributed by atoms with Gasteiger partial charge in [-0.05, 0) is 55.7 Å². The Morgan fingerprint density at radius 2 is 1.96 bits per heavy atom. The molecule has 1 aliphatic rings. The monoisotopic (exact) mass is 353 g/mol. The van der Waals surface area contributed by atoms with Gasteiger partial charge in [0.25, 0.3) is 5.82 Å². The van der Waals surface area contributed by atoms with E-state index in [9.17, 15) is 9.18 Å². The van der Waals surface area contributed by atoms with E-state index in [1.165, 1.54) is 6.07 Å². The summed E-state index contributed by atoms with van der Waals surface area (Å²) in [5, 5.41) is 0. The van der Waals surface area contributed by atoms with Crippen molar-refractivity contribution in [1.82, 2.24) is 4.57 Å². The normalized spacial score (nSPS) is 14.1. The third-order valence-corrected chi connectivity index (χ3v) is 5.14. The number of rotatable bonds is 4. The summed E-state index contributed by atoms with van der Waals surface area (Å²) in [4.78, 5) is 12.8. The second-order valence-electron chi connectivity index (χ2n) is 6.75. The van der Waals surface area contributed by atoms with E-state index in [4.69, 9.17) is 4.74 Å². The Kier molecular flexibility index (Phi) is 4.45. The molecule has 0 aliphatic carbocycles. The predicted molar refractivity (Wildman–Crippen MR) is 97.0 cm³/mol. The van der Waals surface area contributed by atoms with Gasteiger partial charge in [0, 0.05) is 18.1 Å². The molecule has 0 radical (unpaired) electrons. The molecule has 0 unspecified atom stereocenters. The van der Waals surface area contributed by atoms with Crippen molar-refractivity contribution in [2.24, 2.45) is 0 Å². The smallest absolute Gasteiger partial charge is 0.257 e. The van der Waals surface area contributed by atoms with Gasteiger partial charge in [-0.1, -0.05) is 0 Å². The van der Waals surface area contributed by atoms with Crippen LogP contribution in [0, 0.1) is 5.82 Å². The third kappa shape index (κ3) is 2.98. The number of hydrogen-bond acceptors (Lipinski definition) is 2. The van der Waals surface area contributed by atoms with Gasteiger partial charge in [-0.15, -0.1) is 0 Å². The van der Waals surface area contributed by atoms with E-state index in [1.54, 1.807) is 43.5 Å². The summed E-state index contributed by atoms with van der Waals surface area (Å²) >= 11 is 0. The molecule has 0 saturated heterocycles. The number of imidazole rings is 1. The quantitative estimate of drug-likeness (QED) is 0.530. The van der Waals surface area contributed by atoms with Crippen LogP contribution in [0.2, 0.25) is 0 Å². The Morgan fingerprint density at radius 3 is 2.73 bits per heavy atom. The van der Waals surface area contributed by atoms with Crippen molar-refractivity contribution < 1.29 is 18.5 Å². The minimum absolute atomic E-state index is 0.0431. The van der Waals surface area contributed by atoms with Gasteiger partial charge in [0.2, 0.25) is 5.78 Å². The zero-order chi connectivity index (χ0) is 18.1. The molecular formula is C21H22FN2O2+. The van der Waals surface area contributed by atoms with Gasteiger partial charge in [0.05, 0.1) is 13.7 Å². The second-order valence-corrected chi connectivity index (χ2v) is 6.75. The first-order valence-corrected chi connectivity index (χ1v) is 9.05. The highest BCUT2D eigenvalue weighted by Crippen LogP contribution is 2.22. The van der Waals surface area contributed by atoms with Crippen LogP contribution >= 0.6 is 0 Å². The number of benzene rings is 2. The lowest BCUT2D eigenvalue weighted by Crippen LogP contribution is -2.41. The van der Waals surface area contributed by atoms with E-state index in [0.29, 0.717) is 5.56 Å². The summed E-state index contributed by atoms with van der Waals surface area (Å²) in [5.41, 5.74) is 2.46. The molecule has 4 rings (SSSR count). The number of hydrogen-bond donors (Lipinski definition) is 0. The highest BCUT2D eigenvalue weighted by atomic mass is 19.1. The summed E-state index contributed by atoms with van der Waals surface area (Å²) in [7, 11) is 1.61. The first-order chi connectivity index (χ1) is 12.7. The Bertz CT molecular complexity index is 960. The van der Waals surface area contributed by atoms with Crippen molar-refractivity contribution in [3.05, 3.63) is 59.7 Å². The predicted octanol–water partition coefficient (Wildman–Crippen LogP) is 3.69. The lowest BCUT2D eigenvalue weighted by molar-refractivity contribution is -0.665. The molecule has 0 fully saturated rings. The first-order valence-electron chi connectivity index (χ1n) is 9.05. The van der Waals surface area contributed by atoms with Crippen molar-refractivity contribution in [2.45, 2.75) is 38.8 Å². The number of fused-ring (bicyclic) bond motifs is 3. The van der Waals surface area contributed by atoms with Crippen molar-refractivity contribution in [2.75, 3.05) is 7.11 Å². The van der Waals surface area contributed by atoms with Crippen LogP contribution in [-0.2, 0) is 19.5 Å². The number of ether oxygens (including phenoxy) is 1. The van der Waals surface area contributed by atoms with Crippen LogP contribution in [0.5, 0.6) is 5.75 Å². The van der Waals surface area contributed by atoms with Crippen LogP contribution in [0.15, 0.2) is 42.5 Å². The SMILES string of the molecule is COc1ccc(C(=O)C[n+]2c3n(c4cc(F)ccc42)CCCCC3)cc1. The van der Waals surface area contributed by atoms with Gasteiger partial charge in [0.15, 0.2) is 17.6 Å². The number of ketones is 1. The van der Waals surface area contributed by atoms with Crippen LogP contribution in [0.3, 0.4) is 0 Å². The fourth-order valence-electron chi connectivity index (χ4n) is 3.80. The molecule has 26 heavy (non-hydrogen) atoms. The van der Waals surface area contributed by atoms with Gasteiger partial charge < -0.3 is 4.74 Å². The molecule has 0 amide bonds. The van der Waals surface area contributed by atoms with E-state index < -0.39 is 0 Å². The lowest BCUT2D eigenvalue weighted by atomic mass is 10.1. The summed E-state index contributed by atoms with van der Waals surface area (Å²) < 4.78 is 23.2. The Balaban J connectivity index is 1.75. The zero-order valence-electron chi connectivity index (χ0n) is 14.9. The standard InChI is InChI=1S/C21H22FN2O2/c1-26-17-9-6-15(7-10-17)20(25)14-24-18-11-8-16(22)13-19(18)23-12-4-2-3-5-21(23)24/h6-11,13H,2-5,12,14H2,1H3/q+1. The first kappa shape index (κ1) is 16.8. The maximum Gasteiger partial charge on any atom is 0.257 e. The molecule has 3 aromatic rings. The zero-order valence-corrected chi connectivity index (χ0v) is 14.9. The fourth-order valence-corrected chi connectivity index (χ4v) is 3.80. The van der Waals surface area contributed by atoms with Crippen molar-refractivity contribution >= 4 is 16.8 Å². The number of aromatic nitrogens is 2. The molecule has 1 aromatic heterocycles. The van der Waals surface area contributed by atoms with E-state index in [0.717, 1.165) is 54.8 Å². The largest absolute Gasteiger partial charge is 0.497 e. The molecule has 1 aliphatic heterocycles. The summed E-state index contributed by atoms with van der Waals surface area (Å²) in [6.45, 7) is 1.13. The second kappa shape index (κ2) is 6.90. The number of aryl methyl sites for hydroxylation is 1. The number of Topliss-reactive ketones (excluding diaryl/α,β-unsaturated/α-hetero) is 1. The molecule has 2 heterocycles. The molecule has 0 saturated carbocycles. The highest BCUT2D eigenvalue weighted by molar-refractivity contribution is 5.95. The molecule has 2 aromatic carbocycles. The van der Waals surface area contributed by atoms with E-state index in [2.05, 4.69) is 9.13 Å². The van der Waals surface area contributed by atoms with Gasteiger partial charge in [0.1, 0.15) is 11.6 Å². The van der Waals surface area contributed by atoms with Crippen molar-refractivity contribution in [3.8, 4) is 5.75 Å². The Labute approximate surface area is 151 Å². The van der Waals surface area contributed by atoms with Crippen LogP contribution in [-0.4, -0.2) is 17.5 Å². The fraction of sp³-hybridized carbons (Fsp3) is 0.333. The summed E-state index contributed by atoms with van der Waals surface area (Å²) in [6.07, 6.45) is 4.24. The average molecular weight is 353 g/mol. The minimum atomic E-state index is -0.240. The van der Waals surface area contributed by atoms with E-state index in [-0.39, 0.29) is 18.1 Å². The van der Waals surface area contributed by atoms with Gasteiger partial charge in [-0.3, -0.25) is 4.79 Å². The molecule has 4 nitrogen and oxygen atoms in total. The lowest BCUT2D eigenvalue weighted by Gasteiger charge is -2.04. The Morgan fingerprint density at radius 1 is 1.15 bits per heavy atom. The molecule has 0 bridgehead atoms. The molecular weight excluding hydrogens is 331 g/mol. The van der Waals surface area contributed by atoms with Crippen LogP contribution in [0.1, 0.15) is 35.4 Å². The van der Waals surface area contributed by atoms with E-state index >= 15 is 0 Å². The average Bonchev–Trinajstić information content (AvgIpc) is 2.81. The number of methoxy groups -OCH3 is 1. The van der Waals surface area contributed by atoms with Crippen LogP contribution in [0.25, 0.3) is 11.0 Å². The van der Waals surface area contributed by atoms with E-state index in [1.807, 2.05) is 0 Å². The maximum absolute atomic E-state index is 13.8. The summed E-state index contributed by atoms with van der Waals surface area (Å²) in [6, 6.07) is 12.0. The molecule has 0 spiro atoms. The van der Waals surface area contributed by atoms with Gasteiger partial charge in [-0.25, -0.2) is 13.5 Å². The number of halogens is 1. The number of nitrogens with zero attached hydrogens (tertiary/aromatic N) is 2. The molecule has 5 heteroatoms.